The molecule has 0 aliphatic heterocycles. The van der Waals surface area contributed by atoms with Gasteiger partial charge >= 0.3 is 0 Å². The highest BCUT2D eigenvalue weighted by Crippen LogP contribution is 2.44. The second-order valence-corrected chi connectivity index (χ2v) is 9.73. The first kappa shape index (κ1) is 19.1. The molecule has 0 aliphatic rings. The molecule has 0 aliphatic carbocycles. The number of para-hydroxylation sites is 1. The highest BCUT2D eigenvalue weighted by atomic mass is 15.0. The number of fused-ring (bicyclic) bond motifs is 5. The molecule has 0 amide bonds. The largest absolute Gasteiger partial charge is 0.307 e. The van der Waals surface area contributed by atoms with Crippen LogP contribution in [0.5, 0.6) is 0 Å². The summed E-state index contributed by atoms with van der Waals surface area (Å²) < 4.78 is 4.72. The summed E-state index contributed by atoms with van der Waals surface area (Å²) in [6, 6.07) is 15.4. The Balaban J connectivity index is 2.08. The number of aryl methyl sites for hydroxylation is 3. The van der Waals surface area contributed by atoms with Gasteiger partial charge in [0.25, 0.3) is 5.54 Å². The van der Waals surface area contributed by atoms with Gasteiger partial charge in [-0.2, -0.15) is 0 Å². The standard InChI is InChI=1S/C29H26N3/c1-16-17(2)24-21-10-8-9-11-22(21)32-23-15-20(29(4,5)30-6)14-19-12-13-31(7)27(26(19)23)25(18(16)3)28(24)32/h8-15H,1-5,7H3/q+1. The molecule has 3 heterocycles. The topological polar surface area (TPSA) is 12.7 Å². The van der Waals surface area contributed by atoms with Crippen molar-refractivity contribution in [2.24, 2.45) is 7.05 Å². The third-order valence-electron chi connectivity index (χ3n) is 7.67. The average molecular weight is 417 g/mol. The third kappa shape index (κ3) is 2.12. The zero-order valence-electron chi connectivity index (χ0n) is 19.5. The molecular weight excluding hydrogens is 390 g/mol. The predicted octanol–water partition coefficient (Wildman–Crippen LogP) is 6.89. The van der Waals surface area contributed by atoms with Crippen molar-refractivity contribution in [2.75, 3.05) is 0 Å². The van der Waals surface area contributed by atoms with Crippen molar-refractivity contribution in [3.8, 4) is 0 Å². The Labute approximate surface area is 187 Å². The Hall–Kier alpha value is -3.64. The van der Waals surface area contributed by atoms with Gasteiger partial charge in [0, 0.05) is 36.2 Å². The minimum atomic E-state index is -0.579. The van der Waals surface area contributed by atoms with Crippen molar-refractivity contribution < 1.29 is 4.57 Å². The lowest BCUT2D eigenvalue weighted by molar-refractivity contribution is -0.643. The van der Waals surface area contributed by atoms with Crippen molar-refractivity contribution in [3.05, 3.63) is 82.3 Å². The van der Waals surface area contributed by atoms with Gasteiger partial charge in [-0.25, -0.2) is 11.1 Å². The molecule has 0 radical (unpaired) electrons. The van der Waals surface area contributed by atoms with Crippen molar-refractivity contribution >= 4 is 49.0 Å². The molecule has 6 aromatic rings. The second kappa shape index (κ2) is 5.99. The lowest BCUT2D eigenvalue weighted by atomic mass is 9.89. The maximum atomic E-state index is 7.80. The van der Waals surface area contributed by atoms with Gasteiger partial charge in [0.05, 0.1) is 27.3 Å². The second-order valence-electron chi connectivity index (χ2n) is 9.73. The first-order chi connectivity index (χ1) is 15.3. The minimum absolute atomic E-state index is 0.579. The summed E-state index contributed by atoms with van der Waals surface area (Å²) >= 11 is 0. The van der Waals surface area contributed by atoms with Gasteiger partial charge in [-0.3, -0.25) is 0 Å². The van der Waals surface area contributed by atoms with Crippen LogP contribution in [0.4, 0.5) is 0 Å². The molecule has 0 N–H and O–H groups in total. The Kier molecular flexibility index (Phi) is 3.57. The number of rotatable bonds is 1. The van der Waals surface area contributed by atoms with Gasteiger partial charge in [0.1, 0.15) is 7.05 Å². The van der Waals surface area contributed by atoms with Crippen LogP contribution in [0.1, 0.15) is 36.1 Å². The third-order valence-corrected chi connectivity index (χ3v) is 7.67. The summed E-state index contributed by atoms with van der Waals surface area (Å²) in [5.74, 6) is 0. The van der Waals surface area contributed by atoms with Gasteiger partial charge in [0.2, 0.25) is 5.52 Å². The first-order valence-corrected chi connectivity index (χ1v) is 11.2. The van der Waals surface area contributed by atoms with Crippen LogP contribution in [0.2, 0.25) is 0 Å². The van der Waals surface area contributed by atoms with E-state index in [0.29, 0.717) is 0 Å². The molecule has 0 atom stereocenters. The van der Waals surface area contributed by atoms with Crippen molar-refractivity contribution in [1.29, 1.82) is 0 Å². The van der Waals surface area contributed by atoms with Crippen LogP contribution < -0.4 is 4.57 Å². The molecule has 0 unspecified atom stereocenters. The minimum Gasteiger partial charge on any atom is -0.307 e. The lowest BCUT2D eigenvalue weighted by Crippen LogP contribution is -2.29. The van der Waals surface area contributed by atoms with Crippen LogP contribution in [-0.2, 0) is 12.6 Å². The fourth-order valence-corrected chi connectivity index (χ4v) is 5.61. The molecule has 3 heteroatoms. The van der Waals surface area contributed by atoms with Crippen LogP contribution in [0.3, 0.4) is 0 Å². The van der Waals surface area contributed by atoms with E-state index in [0.717, 1.165) is 5.56 Å². The number of nitrogens with zero attached hydrogens (tertiary/aromatic N) is 3. The Morgan fingerprint density at radius 1 is 0.875 bits per heavy atom. The van der Waals surface area contributed by atoms with E-state index >= 15 is 0 Å². The summed E-state index contributed by atoms with van der Waals surface area (Å²) in [4.78, 5) is 3.95. The van der Waals surface area contributed by atoms with E-state index in [9.17, 15) is 0 Å². The number of hydrogen-bond donors (Lipinski definition) is 0. The SMILES string of the molecule is [C-]#[N+]C(C)(C)c1cc2cc[n+](C)c3c4c(C)c(C)c(C)c5c6ccccc6n(c(c1)c23)c54. The Bertz CT molecular complexity index is 1790. The van der Waals surface area contributed by atoms with Crippen LogP contribution >= 0.6 is 0 Å². The van der Waals surface area contributed by atoms with E-state index in [1.807, 2.05) is 13.8 Å². The summed E-state index contributed by atoms with van der Waals surface area (Å²) in [6.45, 7) is 18.6. The van der Waals surface area contributed by atoms with Crippen molar-refractivity contribution in [1.82, 2.24) is 4.40 Å². The predicted molar refractivity (Wildman–Crippen MR) is 134 cm³/mol. The highest BCUT2D eigenvalue weighted by molar-refractivity contribution is 6.26. The Morgan fingerprint density at radius 2 is 1.59 bits per heavy atom. The van der Waals surface area contributed by atoms with Crippen molar-refractivity contribution in [2.45, 2.75) is 40.2 Å². The quantitative estimate of drug-likeness (QED) is 0.120. The molecule has 3 nitrogen and oxygen atoms in total. The molecule has 3 aromatic carbocycles. The van der Waals surface area contributed by atoms with E-state index in [2.05, 4.69) is 90.3 Å². The fraction of sp³-hybridized carbons (Fsp3) is 0.241. The maximum Gasteiger partial charge on any atom is 0.252 e. The van der Waals surface area contributed by atoms with E-state index in [4.69, 9.17) is 6.57 Å². The van der Waals surface area contributed by atoms with Gasteiger partial charge in [-0.1, -0.05) is 18.2 Å². The number of aromatic nitrogens is 2. The number of benzene rings is 3. The van der Waals surface area contributed by atoms with Crippen LogP contribution in [-0.4, -0.2) is 4.40 Å². The summed E-state index contributed by atoms with van der Waals surface area (Å²) in [5, 5.41) is 6.42. The highest BCUT2D eigenvalue weighted by Gasteiger charge is 2.31. The average Bonchev–Trinajstić information content (AvgIpc) is 3.14. The van der Waals surface area contributed by atoms with Crippen LogP contribution in [0.25, 0.3) is 53.8 Å². The van der Waals surface area contributed by atoms with E-state index in [1.165, 1.54) is 65.7 Å². The zero-order valence-corrected chi connectivity index (χ0v) is 19.5. The lowest BCUT2D eigenvalue weighted by Gasteiger charge is -2.18. The normalized spacial score (nSPS) is 12.7. The number of hydrogen-bond acceptors (Lipinski definition) is 0. The van der Waals surface area contributed by atoms with E-state index in [-0.39, 0.29) is 0 Å². The van der Waals surface area contributed by atoms with E-state index in [1.54, 1.807) is 0 Å². The molecule has 6 rings (SSSR count). The zero-order chi connectivity index (χ0) is 22.5. The molecule has 3 aromatic heterocycles. The van der Waals surface area contributed by atoms with Gasteiger partial charge in [-0.05, 0) is 61.0 Å². The monoisotopic (exact) mass is 416 g/mol. The van der Waals surface area contributed by atoms with Gasteiger partial charge < -0.3 is 9.25 Å². The molecular formula is C29H26N3+. The molecule has 0 saturated heterocycles. The van der Waals surface area contributed by atoms with Crippen LogP contribution in [0, 0.1) is 27.3 Å². The molecule has 32 heavy (non-hydrogen) atoms. The number of pyridine rings is 2. The van der Waals surface area contributed by atoms with Crippen LogP contribution in [0.15, 0.2) is 48.7 Å². The molecule has 0 fully saturated rings. The summed E-state index contributed by atoms with van der Waals surface area (Å²) in [6.07, 6.45) is 2.16. The smallest absolute Gasteiger partial charge is 0.252 e. The van der Waals surface area contributed by atoms with E-state index < -0.39 is 5.54 Å². The molecule has 0 saturated carbocycles. The summed E-state index contributed by atoms with van der Waals surface area (Å²) in [7, 11) is 2.15. The molecule has 0 bridgehead atoms. The van der Waals surface area contributed by atoms with Gasteiger partial charge in [0.15, 0.2) is 6.20 Å². The maximum absolute atomic E-state index is 7.80. The first-order valence-electron chi connectivity index (χ1n) is 11.2. The van der Waals surface area contributed by atoms with Gasteiger partial charge in [-0.15, -0.1) is 0 Å². The molecule has 156 valence electrons. The Morgan fingerprint density at radius 3 is 2.34 bits per heavy atom. The summed E-state index contributed by atoms with van der Waals surface area (Å²) in [5.41, 5.74) is 9.52. The fourth-order valence-electron chi connectivity index (χ4n) is 5.61. The van der Waals surface area contributed by atoms with Crippen molar-refractivity contribution in [3.63, 3.8) is 0 Å². The molecule has 0 spiro atoms.